The van der Waals surface area contributed by atoms with Crippen LogP contribution in [-0.2, 0) is 6.42 Å². The maximum Gasteiger partial charge on any atom is 0.319 e. The van der Waals surface area contributed by atoms with Crippen molar-refractivity contribution in [2.45, 2.75) is 13.3 Å². The van der Waals surface area contributed by atoms with Crippen molar-refractivity contribution in [3.63, 3.8) is 0 Å². The highest BCUT2D eigenvalue weighted by atomic mass is 35.5. The van der Waals surface area contributed by atoms with Gasteiger partial charge in [0.05, 0.1) is 12.8 Å². The smallest absolute Gasteiger partial charge is 0.319 e. The summed E-state index contributed by atoms with van der Waals surface area (Å²) in [5.41, 5.74) is 2.83. The molecule has 30 heavy (non-hydrogen) atoms. The van der Waals surface area contributed by atoms with Crippen molar-refractivity contribution >= 4 is 40.0 Å². The standard InChI is InChI=1S/C22H23ClN4O3/c1-13-8-18(20(30-3)11-17(13)23)27-22(29)25-7-6-14-4-5-15-10-19(21(28)24-2)26-12-16(15)9-14/h4-5,8-12H,6-7H2,1-3H3,(H,24,28)(H2,25,27,29). The molecular formula is C22H23ClN4O3. The molecule has 0 fully saturated rings. The number of halogens is 1. The highest BCUT2D eigenvalue weighted by molar-refractivity contribution is 6.31. The number of urea groups is 1. The van der Waals surface area contributed by atoms with Crippen LogP contribution < -0.4 is 20.7 Å². The van der Waals surface area contributed by atoms with Crippen LogP contribution in [0.3, 0.4) is 0 Å². The number of carbonyl (C=O) groups excluding carboxylic acids is 2. The Morgan fingerprint density at radius 1 is 1.13 bits per heavy atom. The lowest BCUT2D eigenvalue weighted by atomic mass is 10.1. The minimum absolute atomic E-state index is 0.219. The predicted octanol–water partition coefficient (Wildman–Crippen LogP) is 3.93. The van der Waals surface area contributed by atoms with E-state index in [1.165, 1.54) is 7.11 Å². The molecule has 1 heterocycles. The summed E-state index contributed by atoms with van der Waals surface area (Å²) in [6.45, 7) is 2.31. The van der Waals surface area contributed by atoms with Gasteiger partial charge in [-0.3, -0.25) is 9.78 Å². The van der Waals surface area contributed by atoms with Crippen molar-refractivity contribution in [2.24, 2.45) is 0 Å². The first kappa shape index (κ1) is 21.4. The van der Waals surface area contributed by atoms with Crippen molar-refractivity contribution in [3.8, 4) is 5.75 Å². The molecule has 0 radical (unpaired) electrons. The third kappa shape index (κ3) is 4.99. The first-order valence-corrected chi connectivity index (χ1v) is 9.79. The number of rotatable bonds is 6. The third-order valence-corrected chi connectivity index (χ3v) is 5.08. The normalized spacial score (nSPS) is 10.5. The Hall–Kier alpha value is -3.32. The second kappa shape index (κ2) is 9.45. The number of nitrogens with one attached hydrogen (secondary N) is 3. The molecule has 0 spiro atoms. The molecule has 3 aromatic rings. The maximum atomic E-state index is 12.3. The fourth-order valence-electron chi connectivity index (χ4n) is 3.02. The molecule has 0 unspecified atom stereocenters. The van der Waals surface area contributed by atoms with Crippen LogP contribution in [0, 0.1) is 6.92 Å². The van der Waals surface area contributed by atoms with Gasteiger partial charge in [0.1, 0.15) is 11.4 Å². The van der Waals surface area contributed by atoms with E-state index in [1.807, 2.05) is 25.1 Å². The molecule has 156 valence electrons. The molecule has 0 bridgehead atoms. The molecule has 0 aliphatic carbocycles. The van der Waals surface area contributed by atoms with Crippen LogP contribution in [0.4, 0.5) is 10.5 Å². The molecular weight excluding hydrogens is 404 g/mol. The summed E-state index contributed by atoms with van der Waals surface area (Å²) >= 11 is 6.09. The molecule has 0 atom stereocenters. The summed E-state index contributed by atoms with van der Waals surface area (Å²) in [5, 5.41) is 10.6. The average molecular weight is 427 g/mol. The Labute approximate surface area is 179 Å². The van der Waals surface area contributed by atoms with E-state index in [-0.39, 0.29) is 11.9 Å². The van der Waals surface area contributed by atoms with Gasteiger partial charge in [0.15, 0.2) is 0 Å². The molecule has 0 saturated heterocycles. The van der Waals surface area contributed by atoms with E-state index < -0.39 is 0 Å². The minimum Gasteiger partial charge on any atom is -0.495 e. The van der Waals surface area contributed by atoms with Gasteiger partial charge in [-0.15, -0.1) is 0 Å². The molecule has 3 N–H and O–H groups in total. The largest absolute Gasteiger partial charge is 0.495 e. The number of hydrogen-bond acceptors (Lipinski definition) is 4. The molecule has 7 nitrogen and oxygen atoms in total. The monoisotopic (exact) mass is 426 g/mol. The van der Waals surface area contributed by atoms with E-state index in [9.17, 15) is 9.59 Å². The van der Waals surface area contributed by atoms with Crippen molar-refractivity contribution in [3.05, 3.63) is 64.4 Å². The van der Waals surface area contributed by atoms with Crippen molar-refractivity contribution < 1.29 is 14.3 Å². The van der Waals surface area contributed by atoms with Crippen LogP contribution in [0.2, 0.25) is 5.02 Å². The minimum atomic E-state index is -0.326. The highest BCUT2D eigenvalue weighted by Gasteiger charge is 2.10. The number of benzene rings is 2. The highest BCUT2D eigenvalue weighted by Crippen LogP contribution is 2.30. The second-order valence-corrected chi connectivity index (χ2v) is 7.17. The van der Waals surface area contributed by atoms with E-state index in [4.69, 9.17) is 16.3 Å². The number of anilines is 1. The molecule has 1 aromatic heterocycles. The van der Waals surface area contributed by atoms with E-state index in [0.29, 0.717) is 35.1 Å². The van der Waals surface area contributed by atoms with E-state index in [2.05, 4.69) is 20.9 Å². The molecule has 0 aliphatic heterocycles. The topological polar surface area (TPSA) is 92.4 Å². The SMILES string of the molecule is CNC(=O)c1cc2ccc(CCNC(=O)Nc3cc(C)c(Cl)cc3OC)cc2cn1. The molecule has 2 aromatic carbocycles. The van der Waals surface area contributed by atoms with Crippen LogP contribution in [0.25, 0.3) is 10.8 Å². The van der Waals surface area contributed by atoms with Gasteiger partial charge in [-0.2, -0.15) is 0 Å². The van der Waals surface area contributed by atoms with E-state index in [0.717, 1.165) is 21.9 Å². The number of methoxy groups -OCH3 is 1. The zero-order chi connectivity index (χ0) is 21.7. The number of aromatic nitrogens is 1. The van der Waals surface area contributed by atoms with Crippen molar-refractivity contribution in [1.82, 2.24) is 15.6 Å². The molecule has 0 saturated carbocycles. The van der Waals surface area contributed by atoms with Crippen molar-refractivity contribution in [2.75, 3.05) is 26.0 Å². The van der Waals surface area contributed by atoms with Crippen LogP contribution in [0.1, 0.15) is 21.6 Å². The lowest BCUT2D eigenvalue weighted by Gasteiger charge is -2.13. The number of aryl methyl sites for hydroxylation is 1. The number of carbonyl (C=O) groups is 2. The summed E-state index contributed by atoms with van der Waals surface area (Å²) in [4.78, 5) is 28.1. The second-order valence-electron chi connectivity index (χ2n) is 6.76. The van der Waals surface area contributed by atoms with Gasteiger partial charge in [-0.1, -0.05) is 23.7 Å². The lowest BCUT2D eigenvalue weighted by Crippen LogP contribution is -2.30. The van der Waals surface area contributed by atoms with Gasteiger partial charge < -0.3 is 20.7 Å². The molecule has 8 heteroatoms. The fourth-order valence-corrected chi connectivity index (χ4v) is 3.17. The summed E-state index contributed by atoms with van der Waals surface area (Å²) in [6, 6.07) is 10.8. The first-order valence-electron chi connectivity index (χ1n) is 9.41. The van der Waals surface area contributed by atoms with Gasteiger partial charge in [0, 0.05) is 36.3 Å². The van der Waals surface area contributed by atoms with Gasteiger partial charge in [-0.05, 0) is 48.1 Å². The Morgan fingerprint density at radius 3 is 2.67 bits per heavy atom. The van der Waals surface area contributed by atoms with Crippen molar-refractivity contribution in [1.29, 1.82) is 0 Å². The van der Waals surface area contributed by atoms with Gasteiger partial charge in [0.2, 0.25) is 0 Å². The Kier molecular flexibility index (Phi) is 6.74. The number of amides is 3. The number of ether oxygens (including phenoxy) is 1. The predicted molar refractivity (Wildman–Crippen MR) is 119 cm³/mol. The first-order chi connectivity index (χ1) is 14.4. The van der Waals surface area contributed by atoms with E-state index >= 15 is 0 Å². The number of fused-ring (bicyclic) bond motifs is 1. The average Bonchev–Trinajstić information content (AvgIpc) is 2.75. The molecule has 3 amide bonds. The Morgan fingerprint density at radius 2 is 1.93 bits per heavy atom. The quantitative estimate of drug-likeness (QED) is 0.556. The van der Waals surface area contributed by atoms with Crippen LogP contribution >= 0.6 is 11.6 Å². The van der Waals surface area contributed by atoms with Crippen LogP contribution in [-0.4, -0.2) is 37.6 Å². The molecule has 0 aliphatic rings. The Balaban J connectivity index is 1.59. The summed E-state index contributed by atoms with van der Waals surface area (Å²) in [5.74, 6) is 0.280. The van der Waals surface area contributed by atoms with Gasteiger partial charge in [-0.25, -0.2) is 4.79 Å². The van der Waals surface area contributed by atoms with Gasteiger partial charge in [0.25, 0.3) is 5.91 Å². The lowest BCUT2D eigenvalue weighted by molar-refractivity contribution is 0.0958. The summed E-state index contributed by atoms with van der Waals surface area (Å²) < 4.78 is 5.27. The Bertz CT molecular complexity index is 1100. The maximum absolute atomic E-state index is 12.3. The molecule has 3 rings (SSSR count). The van der Waals surface area contributed by atoms with Crippen LogP contribution in [0.5, 0.6) is 5.75 Å². The zero-order valence-corrected chi connectivity index (χ0v) is 17.8. The third-order valence-electron chi connectivity index (χ3n) is 4.67. The zero-order valence-electron chi connectivity index (χ0n) is 17.0. The van der Waals surface area contributed by atoms with Gasteiger partial charge >= 0.3 is 6.03 Å². The number of pyridine rings is 1. The summed E-state index contributed by atoms with van der Waals surface area (Å²) in [7, 11) is 3.10. The number of nitrogens with zero attached hydrogens (tertiary/aromatic N) is 1. The summed E-state index contributed by atoms with van der Waals surface area (Å²) in [6.07, 6.45) is 2.33. The number of hydrogen-bond donors (Lipinski definition) is 3. The fraction of sp³-hybridized carbons (Fsp3) is 0.227. The van der Waals surface area contributed by atoms with E-state index in [1.54, 1.807) is 31.4 Å². The van der Waals surface area contributed by atoms with Crippen LogP contribution in [0.15, 0.2) is 42.6 Å².